The van der Waals surface area contributed by atoms with E-state index >= 15 is 0 Å². The molecule has 0 saturated carbocycles. The third-order valence-corrected chi connectivity index (χ3v) is 2.76. The molecule has 0 fully saturated rings. The standard InChI is InChI=1S/C13H25N3O2/c1-14-13(16-12-6-3-4-7-12)15-8-5-9-18-11-10-17-2/h3-4,12H,5-11H2,1-2H3,(H2,14,15,16). The maximum atomic E-state index is 5.39. The summed E-state index contributed by atoms with van der Waals surface area (Å²) in [5, 5.41) is 6.68. The average Bonchev–Trinajstić information content (AvgIpc) is 2.89. The molecule has 0 unspecified atom stereocenters. The van der Waals surface area contributed by atoms with Crippen molar-refractivity contribution in [1.82, 2.24) is 10.6 Å². The number of methoxy groups -OCH3 is 1. The van der Waals surface area contributed by atoms with Crippen molar-refractivity contribution in [2.45, 2.75) is 25.3 Å². The van der Waals surface area contributed by atoms with Crippen LogP contribution in [0.3, 0.4) is 0 Å². The Hall–Kier alpha value is -1.07. The lowest BCUT2D eigenvalue weighted by Crippen LogP contribution is -2.42. The molecule has 1 aliphatic carbocycles. The Bertz CT molecular complexity index is 259. The van der Waals surface area contributed by atoms with Crippen molar-refractivity contribution in [3.63, 3.8) is 0 Å². The molecule has 18 heavy (non-hydrogen) atoms. The van der Waals surface area contributed by atoms with E-state index in [0.717, 1.165) is 38.4 Å². The molecule has 0 amide bonds. The summed E-state index contributed by atoms with van der Waals surface area (Å²) in [5.74, 6) is 0.876. The van der Waals surface area contributed by atoms with Crippen LogP contribution in [0.1, 0.15) is 19.3 Å². The van der Waals surface area contributed by atoms with Crippen LogP contribution >= 0.6 is 0 Å². The molecule has 1 aliphatic rings. The van der Waals surface area contributed by atoms with Gasteiger partial charge in [0.25, 0.3) is 0 Å². The van der Waals surface area contributed by atoms with Gasteiger partial charge in [-0.1, -0.05) is 12.2 Å². The highest BCUT2D eigenvalue weighted by atomic mass is 16.5. The van der Waals surface area contributed by atoms with Gasteiger partial charge in [-0.05, 0) is 19.3 Å². The van der Waals surface area contributed by atoms with Crippen molar-refractivity contribution in [2.75, 3.05) is 40.5 Å². The first-order valence-corrected chi connectivity index (χ1v) is 6.55. The highest BCUT2D eigenvalue weighted by Crippen LogP contribution is 2.08. The molecule has 0 radical (unpaired) electrons. The molecular formula is C13H25N3O2. The maximum Gasteiger partial charge on any atom is 0.191 e. The molecule has 0 saturated heterocycles. The van der Waals surface area contributed by atoms with Crippen molar-refractivity contribution < 1.29 is 9.47 Å². The van der Waals surface area contributed by atoms with Gasteiger partial charge in [0.15, 0.2) is 5.96 Å². The third kappa shape index (κ3) is 6.61. The van der Waals surface area contributed by atoms with Crippen LogP contribution in [0.25, 0.3) is 0 Å². The van der Waals surface area contributed by atoms with Crippen LogP contribution in [0.2, 0.25) is 0 Å². The second-order valence-corrected chi connectivity index (χ2v) is 4.24. The van der Waals surface area contributed by atoms with Gasteiger partial charge in [0.1, 0.15) is 0 Å². The van der Waals surface area contributed by atoms with Gasteiger partial charge in [-0.3, -0.25) is 4.99 Å². The lowest BCUT2D eigenvalue weighted by atomic mass is 10.2. The Kier molecular flexibility index (Phi) is 8.25. The van der Waals surface area contributed by atoms with Crippen LogP contribution < -0.4 is 10.6 Å². The quantitative estimate of drug-likeness (QED) is 0.293. The summed E-state index contributed by atoms with van der Waals surface area (Å²) in [6.07, 6.45) is 7.54. The van der Waals surface area contributed by atoms with Crippen LogP contribution in [0.15, 0.2) is 17.1 Å². The van der Waals surface area contributed by atoms with Crippen LogP contribution in [-0.4, -0.2) is 52.5 Å². The minimum Gasteiger partial charge on any atom is -0.382 e. The fourth-order valence-corrected chi connectivity index (χ4v) is 1.75. The van der Waals surface area contributed by atoms with E-state index in [1.807, 2.05) is 0 Å². The molecule has 0 heterocycles. The van der Waals surface area contributed by atoms with Crippen molar-refractivity contribution >= 4 is 5.96 Å². The van der Waals surface area contributed by atoms with Gasteiger partial charge in [-0.25, -0.2) is 0 Å². The van der Waals surface area contributed by atoms with Crippen LogP contribution in [0.5, 0.6) is 0 Å². The first-order valence-electron chi connectivity index (χ1n) is 6.55. The van der Waals surface area contributed by atoms with Crippen molar-refractivity contribution in [2.24, 2.45) is 4.99 Å². The summed E-state index contributed by atoms with van der Waals surface area (Å²) in [6, 6.07) is 0.495. The number of ether oxygens (including phenoxy) is 2. The molecule has 0 aromatic carbocycles. The molecule has 5 nitrogen and oxygen atoms in total. The van der Waals surface area contributed by atoms with Crippen LogP contribution in [0, 0.1) is 0 Å². The molecule has 0 aliphatic heterocycles. The van der Waals surface area contributed by atoms with Crippen LogP contribution in [0.4, 0.5) is 0 Å². The smallest absolute Gasteiger partial charge is 0.191 e. The molecule has 5 heteroatoms. The van der Waals surface area contributed by atoms with Gasteiger partial charge < -0.3 is 20.1 Å². The monoisotopic (exact) mass is 255 g/mol. The molecule has 104 valence electrons. The van der Waals surface area contributed by atoms with Gasteiger partial charge in [-0.15, -0.1) is 0 Å². The van der Waals surface area contributed by atoms with Crippen molar-refractivity contribution in [3.05, 3.63) is 12.2 Å². The maximum absolute atomic E-state index is 5.39. The largest absolute Gasteiger partial charge is 0.382 e. The third-order valence-electron chi connectivity index (χ3n) is 2.76. The molecule has 0 atom stereocenters. The second kappa shape index (κ2) is 9.91. The predicted molar refractivity (Wildman–Crippen MR) is 74.0 cm³/mol. The van der Waals surface area contributed by atoms with E-state index in [0.29, 0.717) is 19.3 Å². The van der Waals surface area contributed by atoms with Gasteiger partial charge in [0.05, 0.1) is 13.2 Å². The van der Waals surface area contributed by atoms with E-state index in [1.54, 1.807) is 14.2 Å². The van der Waals surface area contributed by atoms with Crippen molar-refractivity contribution in [1.29, 1.82) is 0 Å². The molecule has 2 N–H and O–H groups in total. The number of nitrogens with one attached hydrogen (secondary N) is 2. The number of hydrogen-bond acceptors (Lipinski definition) is 3. The molecule has 0 aromatic rings. The fourth-order valence-electron chi connectivity index (χ4n) is 1.75. The van der Waals surface area contributed by atoms with Crippen molar-refractivity contribution in [3.8, 4) is 0 Å². The molecular weight excluding hydrogens is 230 g/mol. The normalized spacial score (nSPS) is 16.2. The van der Waals surface area contributed by atoms with Gasteiger partial charge in [-0.2, -0.15) is 0 Å². The topological polar surface area (TPSA) is 54.9 Å². The molecule has 0 aromatic heterocycles. The average molecular weight is 255 g/mol. The Morgan fingerprint density at radius 1 is 1.28 bits per heavy atom. The predicted octanol–water partition coefficient (Wildman–Crippen LogP) is 0.923. The van der Waals surface area contributed by atoms with E-state index in [4.69, 9.17) is 9.47 Å². The Labute approximate surface area is 110 Å². The Morgan fingerprint density at radius 2 is 2.06 bits per heavy atom. The highest BCUT2D eigenvalue weighted by Gasteiger charge is 2.10. The van der Waals surface area contributed by atoms with E-state index in [9.17, 15) is 0 Å². The van der Waals surface area contributed by atoms with Gasteiger partial charge in [0.2, 0.25) is 0 Å². The molecule has 0 spiro atoms. The number of rotatable bonds is 8. The van der Waals surface area contributed by atoms with Crippen LogP contribution in [-0.2, 0) is 9.47 Å². The van der Waals surface area contributed by atoms with Gasteiger partial charge in [0, 0.05) is 33.4 Å². The number of hydrogen-bond donors (Lipinski definition) is 2. The summed E-state index contributed by atoms with van der Waals surface area (Å²) in [5.41, 5.74) is 0. The minimum atomic E-state index is 0.495. The Morgan fingerprint density at radius 3 is 2.72 bits per heavy atom. The van der Waals surface area contributed by atoms with E-state index in [-0.39, 0.29) is 0 Å². The zero-order chi connectivity index (χ0) is 13.1. The minimum absolute atomic E-state index is 0.495. The summed E-state index contributed by atoms with van der Waals surface area (Å²) >= 11 is 0. The molecule has 1 rings (SSSR count). The summed E-state index contributed by atoms with van der Waals surface area (Å²) < 4.78 is 10.3. The first kappa shape index (κ1) is 15.0. The lowest BCUT2D eigenvalue weighted by Gasteiger charge is -2.16. The summed E-state index contributed by atoms with van der Waals surface area (Å²) in [6.45, 7) is 2.94. The summed E-state index contributed by atoms with van der Waals surface area (Å²) in [4.78, 5) is 4.20. The van der Waals surface area contributed by atoms with E-state index in [2.05, 4.69) is 27.8 Å². The molecule has 0 bridgehead atoms. The number of nitrogens with zero attached hydrogens (tertiary/aromatic N) is 1. The Balaban J connectivity index is 1.98. The number of aliphatic imine (C=N–C) groups is 1. The van der Waals surface area contributed by atoms with E-state index in [1.165, 1.54) is 0 Å². The van der Waals surface area contributed by atoms with Gasteiger partial charge >= 0.3 is 0 Å². The number of guanidine groups is 1. The lowest BCUT2D eigenvalue weighted by molar-refractivity contribution is 0.0698. The zero-order valence-corrected chi connectivity index (χ0v) is 11.4. The zero-order valence-electron chi connectivity index (χ0n) is 11.4. The highest BCUT2D eigenvalue weighted by molar-refractivity contribution is 5.80. The fraction of sp³-hybridized carbons (Fsp3) is 0.769. The SMILES string of the molecule is CN=C(NCCCOCCOC)NC1CC=CC1. The van der Waals surface area contributed by atoms with E-state index < -0.39 is 0 Å². The first-order chi connectivity index (χ1) is 8.86. The second-order valence-electron chi connectivity index (χ2n) is 4.24. The summed E-state index contributed by atoms with van der Waals surface area (Å²) in [7, 11) is 3.48.